The minimum atomic E-state index is -0.119. The topological polar surface area (TPSA) is 52.0 Å². The van der Waals surface area contributed by atoms with E-state index in [9.17, 15) is 9.59 Å². The second kappa shape index (κ2) is 7.80. The second-order valence-electron chi connectivity index (χ2n) is 5.73. The van der Waals surface area contributed by atoms with Gasteiger partial charge in [-0.25, -0.2) is 4.98 Å². The van der Waals surface area contributed by atoms with Gasteiger partial charge in [-0.3, -0.25) is 14.2 Å². The van der Waals surface area contributed by atoms with E-state index in [0.29, 0.717) is 20.9 Å². The van der Waals surface area contributed by atoms with Crippen LogP contribution in [0, 0.1) is 0 Å². The van der Waals surface area contributed by atoms with Gasteiger partial charge < -0.3 is 0 Å². The Morgan fingerprint density at radius 2 is 1.81 bits per heavy atom. The van der Waals surface area contributed by atoms with E-state index in [1.807, 2.05) is 47.8 Å². The van der Waals surface area contributed by atoms with Crippen LogP contribution < -0.4 is 5.56 Å². The van der Waals surface area contributed by atoms with Crippen LogP contribution in [0.5, 0.6) is 0 Å². The maximum absolute atomic E-state index is 13.0. The average Bonchev–Trinajstić information content (AvgIpc) is 3.16. The van der Waals surface area contributed by atoms with Crippen molar-refractivity contribution in [3.8, 4) is 5.69 Å². The predicted octanol–water partition coefficient (Wildman–Crippen LogP) is 5.18. The summed E-state index contributed by atoms with van der Waals surface area (Å²) in [5.74, 6) is 0.199. The Balaban J connectivity index is 1.71. The van der Waals surface area contributed by atoms with E-state index in [1.54, 1.807) is 22.8 Å². The highest BCUT2D eigenvalue weighted by Crippen LogP contribution is 2.24. The average molecular weight is 457 g/mol. The quantitative estimate of drug-likeness (QED) is 0.235. The van der Waals surface area contributed by atoms with E-state index in [-0.39, 0.29) is 17.1 Å². The van der Waals surface area contributed by atoms with Gasteiger partial charge >= 0.3 is 0 Å². The Bertz CT molecular complexity index is 1170. The molecule has 2 aromatic heterocycles. The van der Waals surface area contributed by atoms with E-state index in [2.05, 4.69) is 20.9 Å². The maximum Gasteiger partial charge on any atom is 0.267 e. The number of benzene rings is 2. The molecule has 2 aromatic carbocycles. The summed E-state index contributed by atoms with van der Waals surface area (Å²) in [6.45, 7) is 0. The molecule has 0 fully saturated rings. The molecule has 0 spiro atoms. The van der Waals surface area contributed by atoms with E-state index < -0.39 is 0 Å². The molecule has 4 aromatic rings. The number of rotatable bonds is 5. The zero-order valence-electron chi connectivity index (χ0n) is 14.0. The molecule has 0 aliphatic heterocycles. The number of carbonyl (C=O) groups excluding carboxylic acids is 1. The minimum Gasteiger partial charge on any atom is -0.293 e. The van der Waals surface area contributed by atoms with Gasteiger partial charge in [-0.05, 0) is 35.7 Å². The van der Waals surface area contributed by atoms with Gasteiger partial charge in [0.05, 0.1) is 16.8 Å². The van der Waals surface area contributed by atoms with Crippen molar-refractivity contribution in [3.05, 3.63) is 86.4 Å². The van der Waals surface area contributed by atoms with Gasteiger partial charge in [0.15, 0.2) is 10.9 Å². The number of ketones is 1. The molecule has 7 heteroatoms. The maximum atomic E-state index is 13.0. The van der Waals surface area contributed by atoms with Crippen molar-refractivity contribution in [2.45, 2.75) is 5.16 Å². The van der Waals surface area contributed by atoms with E-state index in [0.717, 1.165) is 10.2 Å². The van der Waals surface area contributed by atoms with Crippen molar-refractivity contribution < 1.29 is 4.79 Å². The van der Waals surface area contributed by atoms with Crippen molar-refractivity contribution in [3.63, 3.8) is 0 Å². The number of thioether (sulfide) groups is 1. The fourth-order valence-corrected chi connectivity index (χ4v) is 4.62. The number of carbonyl (C=O) groups is 1. The third kappa shape index (κ3) is 3.76. The second-order valence-corrected chi connectivity index (χ2v) is 8.48. The van der Waals surface area contributed by atoms with Crippen LogP contribution in [0.2, 0.25) is 0 Å². The van der Waals surface area contributed by atoms with Gasteiger partial charge in [0, 0.05) is 10.0 Å². The van der Waals surface area contributed by atoms with Crippen LogP contribution >= 0.6 is 39.0 Å². The van der Waals surface area contributed by atoms with Crippen LogP contribution in [-0.4, -0.2) is 21.1 Å². The molecule has 4 rings (SSSR count). The summed E-state index contributed by atoms with van der Waals surface area (Å²) in [6.07, 6.45) is 0. The largest absolute Gasteiger partial charge is 0.293 e. The number of aromatic nitrogens is 2. The van der Waals surface area contributed by atoms with Gasteiger partial charge in [-0.2, -0.15) is 0 Å². The monoisotopic (exact) mass is 456 g/mol. The van der Waals surface area contributed by atoms with Crippen LogP contribution in [0.3, 0.4) is 0 Å². The molecule has 2 heterocycles. The lowest BCUT2D eigenvalue weighted by Crippen LogP contribution is -2.21. The number of hydrogen-bond donors (Lipinski definition) is 0. The molecule has 0 saturated heterocycles. The van der Waals surface area contributed by atoms with Crippen LogP contribution in [0.1, 0.15) is 10.4 Å². The fourth-order valence-electron chi connectivity index (χ4n) is 2.65. The van der Waals surface area contributed by atoms with Crippen molar-refractivity contribution in [2.24, 2.45) is 0 Å². The Labute approximate surface area is 172 Å². The Morgan fingerprint density at radius 1 is 1.07 bits per heavy atom. The van der Waals surface area contributed by atoms with Crippen molar-refractivity contribution in [2.75, 3.05) is 5.75 Å². The van der Waals surface area contributed by atoms with Crippen molar-refractivity contribution >= 4 is 55.0 Å². The molecule has 0 radical (unpaired) electrons. The number of fused-ring (bicyclic) bond motifs is 1. The Morgan fingerprint density at radius 3 is 2.56 bits per heavy atom. The fraction of sp³-hybridized carbons (Fsp3) is 0.0500. The Kier molecular flexibility index (Phi) is 5.24. The lowest BCUT2D eigenvalue weighted by molar-refractivity contribution is 0.102. The molecule has 0 N–H and O–H groups in total. The first-order valence-corrected chi connectivity index (χ1v) is 10.8. The van der Waals surface area contributed by atoms with E-state index in [4.69, 9.17) is 0 Å². The Hall–Kier alpha value is -2.22. The summed E-state index contributed by atoms with van der Waals surface area (Å²) in [6, 6.07) is 18.4. The number of thiophene rings is 1. The number of Topliss-reactive ketones (excluding diaryl/α,β-unsaturated/α-hetero) is 1. The van der Waals surface area contributed by atoms with Gasteiger partial charge in [0.2, 0.25) is 0 Å². The molecule has 4 nitrogen and oxygen atoms in total. The summed E-state index contributed by atoms with van der Waals surface area (Å²) in [7, 11) is 0. The van der Waals surface area contributed by atoms with Gasteiger partial charge in [-0.1, -0.05) is 58.0 Å². The smallest absolute Gasteiger partial charge is 0.267 e. The normalized spacial score (nSPS) is 11.0. The molecule has 27 heavy (non-hydrogen) atoms. The zero-order valence-corrected chi connectivity index (χ0v) is 17.2. The lowest BCUT2D eigenvalue weighted by Gasteiger charge is -2.11. The van der Waals surface area contributed by atoms with Gasteiger partial charge in [0.1, 0.15) is 4.83 Å². The summed E-state index contributed by atoms with van der Waals surface area (Å²) in [4.78, 5) is 30.8. The van der Waals surface area contributed by atoms with Crippen LogP contribution in [0.25, 0.3) is 15.9 Å². The first-order chi connectivity index (χ1) is 13.1. The van der Waals surface area contributed by atoms with Gasteiger partial charge in [-0.15, -0.1) is 11.3 Å². The predicted molar refractivity (Wildman–Crippen MR) is 114 cm³/mol. The minimum absolute atomic E-state index is 0.00682. The lowest BCUT2D eigenvalue weighted by atomic mass is 10.2. The van der Waals surface area contributed by atoms with Gasteiger partial charge in [0.25, 0.3) is 5.56 Å². The molecule has 0 unspecified atom stereocenters. The third-order valence-electron chi connectivity index (χ3n) is 3.98. The van der Waals surface area contributed by atoms with Crippen LogP contribution in [0.15, 0.2) is 80.5 Å². The number of nitrogens with zero attached hydrogens (tertiary/aromatic N) is 2. The first kappa shape index (κ1) is 18.2. The SMILES string of the molecule is O=C(CSc1nc2sccc2c(=O)n1-c1ccccc1)c1ccc(Br)cc1. The van der Waals surface area contributed by atoms with Crippen LogP contribution in [0.4, 0.5) is 0 Å². The molecule has 0 amide bonds. The number of halogens is 1. The van der Waals surface area contributed by atoms with Crippen molar-refractivity contribution in [1.82, 2.24) is 9.55 Å². The van der Waals surface area contributed by atoms with Crippen molar-refractivity contribution in [1.29, 1.82) is 0 Å². The highest BCUT2D eigenvalue weighted by Gasteiger charge is 2.16. The number of para-hydroxylation sites is 1. The molecule has 0 aliphatic rings. The molecular formula is C20H13BrN2O2S2. The highest BCUT2D eigenvalue weighted by atomic mass is 79.9. The molecule has 0 bridgehead atoms. The first-order valence-electron chi connectivity index (χ1n) is 8.11. The third-order valence-corrected chi connectivity index (χ3v) is 6.25. The zero-order chi connectivity index (χ0) is 18.8. The number of hydrogen-bond acceptors (Lipinski definition) is 5. The summed E-state index contributed by atoms with van der Waals surface area (Å²) in [5, 5.41) is 2.97. The molecule has 0 atom stereocenters. The van der Waals surface area contributed by atoms with Crippen LogP contribution in [-0.2, 0) is 0 Å². The molecule has 0 aliphatic carbocycles. The van der Waals surface area contributed by atoms with E-state index >= 15 is 0 Å². The molecular weight excluding hydrogens is 444 g/mol. The summed E-state index contributed by atoms with van der Waals surface area (Å²) >= 11 is 6.07. The summed E-state index contributed by atoms with van der Waals surface area (Å²) in [5.41, 5.74) is 1.25. The highest BCUT2D eigenvalue weighted by molar-refractivity contribution is 9.10. The standard InChI is InChI=1S/C20H13BrN2O2S2/c21-14-8-6-13(7-9-14)17(24)12-27-20-22-18-16(10-11-26-18)19(25)23(20)15-4-2-1-3-5-15/h1-11H,12H2. The molecule has 134 valence electrons. The summed E-state index contributed by atoms with van der Waals surface area (Å²) < 4.78 is 2.50. The van der Waals surface area contributed by atoms with E-state index in [1.165, 1.54) is 23.1 Å². The molecule has 0 saturated carbocycles.